The van der Waals surface area contributed by atoms with Crippen LogP contribution in [0.1, 0.15) is 97.3 Å². The summed E-state index contributed by atoms with van der Waals surface area (Å²) in [4.78, 5) is 33.8. The van der Waals surface area contributed by atoms with Crippen molar-refractivity contribution in [2.75, 3.05) is 26.4 Å². The third-order valence-corrected chi connectivity index (χ3v) is 7.15. The highest BCUT2D eigenvalue weighted by Gasteiger charge is 2.27. The van der Waals surface area contributed by atoms with Gasteiger partial charge in [0.25, 0.3) is 0 Å². The Labute approximate surface area is 276 Å². The zero-order valence-corrected chi connectivity index (χ0v) is 28.6. The smallest absolute Gasteiger partial charge is 0.457 e. The highest BCUT2D eigenvalue weighted by molar-refractivity contribution is 7.47. The van der Waals surface area contributed by atoms with Crippen molar-refractivity contribution in [2.45, 2.75) is 110 Å². The summed E-state index contributed by atoms with van der Waals surface area (Å²) in [6.45, 7) is 1.80. The van der Waals surface area contributed by atoms with Gasteiger partial charge in [0, 0.05) is 12.8 Å². The van der Waals surface area contributed by atoms with E-state index in [1.54, 1.807) is 0 Å². The van der Waals surface area contributed by atoms with Gasteiger partial charge in [-0.3, -0.25) is 18.6 Å². The molecule has 0 aliphatic carbocycles. The van der Waals surface area contributed by atoms with E-state index in [2.05, 4.69) is 68.5 Å². The van der Waals surface area contributed by atoms with Crippen molar-refractivity contribution in [3.8, 4) is 0 Å². The lowest BCUT2D eigenvalue weighted by atomic mass is 10.1. The number of esters is 2. The summed E-state index contributed by atoms with van der Waals surface area (Å²) >= 11 is 0. The molecular formula is C35H57O10P. The summed E-state index contributed by atoms with van der Waals surface area (Å²) in [7, 11) is -4.63. The Morgan fingerprint density at radius 3 is 1.43 bits per heavy atom. The molecule has 11 heteroatoms. The number of hydrogen-bond donors (Lipinski definition) is 3. The molecule has 0 aliphatic rings. The fourth-order valence-electron chi connectivity index (χ4n) is 3.67. The molecule has 3 N–H and O–H groups in total. The molecule has 0 bridgehead atoms. The highest BCUT2D eigenvalue weighted by Crippen LogP contribution is 2.43. The molecule has 46 heavy (non-hydrogen) atoms. The molecule has 0 aromatic carbocycles. The fraction of sp³-hybridized carbons (Fsp3) is 0.600. The van der Waals surface area contributed by atoms with Crippen molar-refractivity contribution in [1.29, 1.82) is 0 Å². The van der Waals surface area contributed by atoms with Crippen LogP contribution in [0.25, 0.3) is 0 Å². The fourth-order valence-corrected chi connectivity index (χ4v) is 4.45. The van der Waals surface area contributed by atoms with E-state index < -0.39 is 58.4 Å². The summed E-state index contributed by atoms with van der Waals surface area (Å²) in [5, 5.41) is 18.9. The van der Waals surface area contributed by atoms with Gasteiger partial charge in [0.15, 0.2) is 0 Å². The van der Waals surface area contributed by atoms with Crippen molar-refractivity contribution < 1.29 is 47.8 Å². The number of aliphatic hydroxyl groups is 2. The van der Waals surface area contributed by atoms with E-state index in [9.17, 15) is 29.3 Å². The second kappa shape index (κ2) is 31.0. The number of carbonyl (C=O) groups excluding carboxylic acids is 2. The van der Waals surface area contributed by atoms with Crippen LogP contribution in [0.2, 0.25) is 0 Å². The number of hydrogen-bond acceptors (Lipinski definition) is 9. The van der Waals surface area contributed by atoms with Gasteiger partial charge in [-0.05, 0) is 51.4 Å². The van der Waals surface area contributed by atoms with Crippen LogP contribution in [-0.4, -0.2) is 65.7 Å². The first kappa shape index (κ1) is 43.4. The van der Waals surface area contributed by atoms with Crippen molar-refractivity contribution in [3.05, 3.63) is 72.9 Å². The van der Waals surface area contributed by atoms with Gasteiger partial charge in [-0.15, -0.1) is 0 Å². The number of unbranched alkanes of at least 4 members (excludes halogenated alkanes) is 3. The van der Waals surface area contributed by atoms with Gasteiger partial charge >= 0.3 is 19.8 Å². The molecule has 0 amide bonds. The van der Waals surface area contributed by atoms with Crippen LogP contribution in [0.5, 0.6) is 0 Å². The van der Waals surface area contributed by atoms with Crippen molar-refractivity contribution in [3.63, 3.8) is 0 Å². The predicted molar refractivity (Wildman–Crippen MR) is 182 cm³/mol. The lowest BCUT2D eigenvalue weighted by Crippen LogP contribution is -2.28. The number of phosphoric ester groups is 1. The Hall–Kier alpha value is -2.59. The summed E-state index contributed by atoms with van der Waals surface area (Å²) in [6.07, 6.45) is 32.6. The summed E-state index contributed by atoms with van der Waals surface area (Å²) in [5.74, 6) is -1.13. The minimum atomic E-state index is -4.63. The first-order chi connectivity index (χ1) is 22.3. The van der Waals surface area contributed by atoms with Crippen LogP contribution < -0.4 is 0 Å². The maximum absolute atomic E-state index is 12.2. The Kier molecular flexibility index (Phi) is 29.3. The maximum Gasteiger partial charge on any atom is 0.472 e. The molecule has 0 spiro atoms. The van der Waals surface area contributed by atoms with Gasteiger partial charge in [-0.25, -0.2) is 4.57 Å². The van der Waals surface area contributed by atoms with Gasteiger partial charge in [-0.2, -0.15) is 0 Å². The van der Waals surface area contributed by atoms with Crippen molar-refractivity contribution in [1.82, 2.24) is 0 Å². The van der Waals surface area contributed by atoms with Crippen LogP contribution >= 0.6 is 7.82 Å². The topological polar surface area (TPSA) is 149 Å². The minimum absolute atomic E-state index is 0.0634. The monoisotopic (exact) mass is 668 g/mol. The summed E-state index contributed by atoms with van der Waals surface area (Å²) in [6, 6.07) is 0. The third kappa shape index (κ3) is 28.9. The van der Waals surface area contributed by atoms with Crippen LogP contribution in [0.15, 0.2) is 72.9 Å². The summed E-state index contributed by atoms with van der Waals surface area (Å²) < 4.78 is 32.0. The minimum Gasteiger partial charge on any atom is -0.457 e. The largest absolute Gasteiger partial charge is 0.472 e. The standard InChI is InChI=1S/C35H57O10P/c1-3-5-7-9-10-11-12-13-14-15-16-17-18-19-20-21-22-23-25-27-35(39)45-33(29-37)31-43-46(40,41)42-30-32(28-36)44-34(38)26-24-8-6-4-2/h5,7,10-11,13-14,16-17,19-20,22-23,32-33,36-37H,3-4,6,8-9,12,15,18,21,24-31H2,1-2H3,(H,40,41)/b7-5-,11-10-,14-13-,17-16-,20-19-,23-22-. The molecule has 0 fully saturated rings. The molecule has 0 aromatic rings. The molecule has 0 saturated heterocycles. The first-order valence-electron chi connectivity index (χ1n) is 16.4. The zero-order valence-electron chi connectivity index (χ0n) is 27.8. The van der Waals surface area contributed by atoms with E-state index in [0.29, 0.717) is 12.8 Å². The van der Waals surface area contributed by atoms with Crippen LogP contribution in [0.4, 0.5) is 0 Å². The number of aliphatic hydroxyl groups excluding tert-OH is 2. The average Bonchev–Trinajstić information content (AvgIpc) is 3.04. The second-order valence-corrected chi connectivity index (χ2v) is 11.9. The Morgan fingerprint density at radius 1 is 0.609 bits per heavy atom. The molecule has 0 rings (SSSR count). The zero-order chi connectivity index (χ0) is 34.1. The van der Waals surface area contributed by atoms with Gasteiger partial charge < -0.3 is 24.6 Å². The molecular weight excluding hydrogens is 611 g/mol. The van der Waals surface area contributed by atoms with Crippen LogP contribution in [-0.2, 0) is 32.7 Å². The Morgan fingerprint density at radius 2 is 1.02 bits per heavy atom. The second-order valence-electron chi connectivity index (χ2n) is 10.4. The van der Waals surface area contributed by atoms with Gasteiger partial charge in [0.05, 0.1) is 26.4 Å². The number of carbonyl (C=O) groups is 2. The molecule has 0 heterocycles. The number of ether oxygens (including phenoxy) is 2. The molecule has 0 aromatic heterocycles. The Bertz CT molecular complexity index is 999. The van der Waals surface area contributed by atoms with E-state index in [-0.39, 0.29) is 12.8 Å². The van der Waals surface area contributed by atoms with Crippen LogP contribution in [0, 0.1) is 0 Å². The lowest BCUT2D eigenvalue weighted by molar-refractivity contribution is -0.153. The quantitative estimate of drug-likeness (QED) is 0.0319. The molecule has 0 radical (unpaired) electrons. The van der Waals surface area contributed by atoms with Gasteiger partial charge in [0.1, 0.15) is 12.2 Å². The van der Waals surface area contributed by atoms with E-state index >= 15 is 0 Å². The Balaban J connectivity index is 4.13. The van der Waals surface area contributed by atoms with Crippen molar-refractivity contribution >= 4 is 19.8 Å². The third-order valence-electron chi connectivity index (χ3n) is 6.20. The molecule has 262 valence electrons. The van der Waals surface area contributed by atoms with E-state index in [1.807, 2.05) is 18.2 Å². The molecule has 10 nitrogen and oxygen atoms in total. The summed E-state index contributed by atoms with van der Waals surface area (Å²) in [5.41, 5.74) is 0. The maximum atomic E-state index is 12.2. The first-order valence-corrected chi connectivity index (χ1v) is 17.9. The number of phosphoric acid groups is 1. The predicted octanol–water partition coefficient (Wildman–Crippen LogP) is 7.38. The number of allylic oxidation sites excluding steroid dienone is 12. The molecule has 0 aliphatic heterocycles. The normalized spacial score (nSPS) is 15.2. The van der Waals surface area contributed by atoms with Gasteiger partial charge in [-0.1, -0.05) is 106 Å². The van der Waals surface area contributed by atoms with E-state index in [4.69, 9.17) is 18.5 Å². The van der Waals surface area contributed by atoms with E-state index in [1.165, 1.54) is 0 Å². The molecule has 0 saturated carbocycles. The van der Waals surface area contributed by atoms with Crippen molar-refractivity contribution in [2.24, 2.45) is 0 Å². The molecule has 3 atom stereocenters. The molecule has 3 unspecified atom stereocenters. The van der Waals surface area contributed by atoms with Crippen LogP contribution in [0.3, 0.4) is 0 Å². The SMILES string of the molecule is CC/C=C\C/C=C\C/C=C\C/C=C\C/C=C\C/C=C\CCC(=O)OC(CO)COP(=O)(O)OCC(CO)OC(=O)CCCCCC. The average molecular weight is 669 g/mol. The number of rotatable bonds is 29. The lowest BCUT2D eigenvalue weighted by Gasteiger charge is -2.20. The van der Waals surface area contributed by atoms with Gasteiger partial charge in [0.2, 0.25) is 0 Å². The van der Waals surface area contributed by atoms with E-state index in [0.717, 1.165) is 57.8 Å². The highest BCUT2D eigenvalue weighted by atomic mass is 31.2.